The summed E-state index contributed by atoms with van der Waals surface area (Å²) in [6.45, 7) is 0. The molecule has 1 aromatic rings. The van der Waals surface area contributed by atoms with E-state index in [2.05, 4.69) is 15.9 Å². The van der Waals surface area contributed by atoms with Crippen LogP contribution in [0.1, 0.15) is 30.9 Å². The Kier molecular flexibility index (Phi) is 2.89. The molecule has 0 amide bonds. The fraction of sp³-hybridized carbons (Fsp3) is 0.455. The van der Waals surface area contributed by atoms with E-state index in [9.17, 15) is 5.11 Å². The fourth-order valence-corrected chi connectivity index (χ4v) is 2.40. The van der Waals surface area contributed by atoms with Crippen molar-refractivity contribution in [1.29, 1.82) is 0 Å². The molecule has 0 aliphatic heterocycles. The van der Waals surface area contributed by atoms with Gasteiger partial charge in [0.25, 0.3) is 0 Å². The van der Waals surface area contributed by atoms with Gasteiger partial charge in [0.1, 0.15) is 5.75 Å². The van der Waals surface area contributed by atoms with E-state index in [1.54, 1.807) is 6.07 Å². The zero-order valence-electron chi connectivity index (χ0n) is 8.41. The summed E-state index contributed by atoms with van der Waals surface area (Å²) < 4.78 is 0.836. The molecule has 1 aromatic carbocycles. The number of anilines is 1. The second-order valence-corrected chi connectivity index (χ2v) is 5.04. The number of benzene rings is 1. The zero-order chi connectivity index (χ0) is 11.0. The molecule has 1 atom stereocenters. The monoisotopic (exact) mass is 270 g/mol. The van der Waals surface area contributed by atoms with E-state index in [0.29, 0.717) is 5.69 Å². The number of phenols is 1. The lowest BCUT2D eigenvalue weighted by Crippen LogP contribution is -2.12. The van der Waals surface area contributed by atoms with Crippen LogP contribution in [0, 0.1) is 5.92 Å². The first-order valence-electron chi connectivity index (χ1n) is 5.12. The average molecular weight is 271 g/mol. The quantitative estimate of drug-likeness (QED) is 0.584. The van der Waals surface area contributed by atoms with Crippen molar-refractivity contribution < 1.29 is 5.11 Å². The average Bonchev–Trinajstić information content (AvgIpc) is 2.96. The molecule has 1 saturated carbocycles. The minimum Gasteiger partial charge on any atom is -0.505 e. The molecule has 15 heavy (non-hydrogen) atoms. The Hall–Kier alpha value is -0.740. The smallest absolute Gasteiger partial charge is 0.144 e. The van der Waals surface area contributed by atoms with Gasteiger partial charge >= 0.3 is 0 Å². The fourth-order valence-electron chi connectivity index (χ4n) is 1.78. The van der Waals surface area contributed by atoms with E-state index >= 15 is 0 Å². The lowest BCUT2D eigenvalue weighted by Gasteiger charge is -2.16. The maximum absolute atomic E-state index is 9.85. The molecule has 0 unspecified atom stereocenters. The third-order valence-electron chi connectivity index (χ3n) is 2.85. The Morgan fingerprint density at radius 3 is 2.73 bits per heavy atom. The molecule has 4 heteroatoms. The van der Waals surface area contributed by atoms with Crippen molar-refractivity contribution in [3.63, 3.8) is 0 Å². The van der Waals surface area contributed by atoms with Gasteiger partial charge < -0.3 is 16.6 Å². The molecule has 0 heterocycles. The highest BCUT2D eigenvalue weighted by Crippen LogP contribution is 2.42. The summed E-state index contributed by atoms with van der Waals surface area (Å²) in [5.74, 6) is 0.852. The third-order valence-corrected chi connectivity index (χ3v) is 3.54. The van der Waals surface area contributed by atoms with Gasteiger partial charge in [-0.3, -0.25) is 0 Å². The molecule has 5 N–H and O–H groups in total. The van der Waals surface area contributed by atoms with Crippen molar-refractivity contribution in [2.45, 2.75) is 25.3 Å². The Bertz CT molecular complexity index is 377. The highest BCUT2D eigenvalue weighted by Gasteiger charge is 2.27. The van der Waals surface area contributed by atoms with Crippen molar-refractivity contribution in [3.8, 4) is 5.75 Å². The van der Waals surface area contributed by atoms with Crippen LogP contribution < -0.4 is 11.5 Å². The number of halogens is 1. The highest BCUT2D eigenvalue weighted by atomic mass is 79.9. The second-order valence-electron chi connectivity index (χ2n) is 4.18. The van der Waals surface area contributed by atoms with Gasteiger partial charge in [-0.05, 0) is 24.5 Å². The van der Waals surface area contributed by atoms with Gasteiger partial charge in [-0.15, -0.1) is 0 Å². The first-order chi connectivity index (χ1) is 7.09. The summed E-state index contributed by atoms with van der Waals surface area (Å²) in [6, 6.07) is 3.37. The van der Waals surface area contributed by atoms with Crippen LogP contribution in [0.5, 0.6) is 5.75 Å². The molecule has 1 aliphatic carbocycles. The summed E-state index contributed by atoms with van der Waals surface area (Å²) in [4.78, 5) is 0. The maximum atomic E-state index is 9.85. The molecule has 3 nitrogen and oxygen atoms in total. The lowest BCUT2D eigenvalue weighted by atomic mass is 10.0. The predicted octanol–water partition coefficient (Wildman–Crippen LogP) is 2.54. The van der Waals surface area contributed by atoms with Crippen LogP contribution in [-0.4, -0.2) is 5.11 Å². The van der Waals surface area contributed by atoms with Gasteiger partial charge in [-0.1, -0.05) is 28.8 Å². The van der Waals surface area contributed by atoms with Crippen LogP contribution in [0.15, 0.2) is 16.6 Å². The van der Waals surface area contributed by atoms with Crippen molar-refractivity contribution in [2.24, 2.45) is 11.7 Å². The minimum atomic E-state index is -0.129. The SMILES string of the molecule is Nc1ccc(Br)c([C@H](N)CC2CC2)c1O. The van der Waals surface area contributed by atoms with Crippen LogP contribution in [0.4, 0.5) is 5.69 Å². The molecule has 1 aliphatic rings. The topological polar surface area (TPSA) is 72.3 Å². The lowest BCUT2D eigenvalue weighted by molar-refractivity contribution is 0.457. The Labute approximate surface area is 97.6 Å². The summed E-state index contributed by atoms with van der Waals surface area (Å²) in [5.41, 5.74) is 12.8. The first kappa shape index (κ1) is 10.8. The number of nitrogen functional groups attached to an aromatic ring is 1. The van der Waals surface area contributed by atoms with Crippen molar-refractivity contribution >= 4 is 21.6 Å². The van der Waals surface area contributed by atoms with Crippen LogP contribution in [0.3, 0.4) is 0 Å². The van der Waals surface area contributed by atoms with E-state index in [4.69, 9.17) is 11.5 Å². The number of nitrogens with two attached hydrogens (primary N) is 2. The van der Waals surface area contributed by atoms with Crippen LogP contribution in [0.2, 0.25) is 0 Å². The largest absolute Gasteiger partial charge is 0.505 e. The normalized spacial score (nSPS) is 17.7. The molecule has 0 radical (unpaired) electrons. The first-order valence-corrected chi connectivity index (χ1v) is 5.91. The second kappa shape index (κ2) is 4.02. The summed E-state index contributed by atoms with van der Waals surface area (Å²) >= 11 is 3.40. The van der Waals surface area contributed by atoms with Gasteiger partial charge in [0.05, 0.1) is 5.69 Å². The molecular formula is C11H15BrN2O. The number of hydrogen-bond acceptors (Lipinski definition) is 3. The molecule has 0 spiro atoms. The Morgan fingerprint density at radius 2 is 2.13 bits per heavy atom. The summed E-state index contributed by atoms with van der Waals surface area (Å²) in [5, 5.41) is 9.85. The van der Waals surface area contributed by atoms with E-state index in [1.807, 2.05) is 6.07 Å². The van der Waals surface area contributed by atoms with Gasteiger partial charge in [0.15, 0.2) is 0 Å². The molecule has 82 valence electrons. The third kappa shape index (κ3) is 2.26. The zero-order valence-corrected chi connectivity index (χ0v) is 10.00. The van der Waals surface area contributed by atoms with Gasteiger partial charge in [0.2, 0.25) is 0 Å². The van der Waals surface area contributed by atoms with Crippen LogP contribution in [-0.2, 0) is 0 Å². The number of hydrogen-bond donors (Lipinski definition) is 3. The molecule has 0 aromatic heterocycles. The van der Waals surface area contributed by atoms with Crippen LogP contribution >= 0.6 is 15.9 Å². The Balaban J connectivity index is 2.27. The van der Waals surface area contributed by atoms with Gasteiger partial charge in [-0.2, -0.15) is 0 Å². The van der Waals surface area contributed by atoms with Crippen molar-refractivity contribution in [2.75, 3.05) is 5.73 Å². The number of rotatable bonds is 3. The van der Waals surface area contributed by atoms with Crippen molar-refractivity contribution in [3.05, 3.63) is 22.2 Å². The van der Waals surface area contributed by atoms with Gasteiger partial charge in [-0.25, -0.2) is 0 Å². The van der Waals surface area contributed by atoms with Crippen LogP contribution in [0.25, 0.3) is 0 Å². The summed E-state index contributed by atoms with van der Waals surface area (Å²) in [7, 11) is 0. The molecule has 1 fully saturated rings. The van der Waals surface area contributed by atoms with Crippen molar-refractivity contribution in [1.82, 2.24) is 0 Å². The summed E-state index contributed by atoms with van der Waals surface area (Å²) in [6.07, 6.45) is 3.44. The molecular weight excluding hydrogens is 256 g/mol. The molecule has 2 rings (SSSR count). The van der Waals surface area contributed by atoms with E-state index in [1.165, 1.54) is 12.8 Å². The Morgan fingerprint density at radius 1 is 1.47 bits per heavy atom. The van der Waals surface area contributed by atoms with E-state index in [0.717, 1.165) is 22.4 Å². The maximum Gasteiger partial charge on any atom is 0.144 e. The van der Waals surface area contributed by atoms with Gasteiger partial charge in [0, 0.05) is 16.1 Å². The number of phenolic OH excluding ortho intramolecular Hbond substituents is 1. The number of aromatic hydroxyl groups is 1. The predicted molar refractivity (Wildman–Crippen MR) is 64.5 cm³/mol. The van der Waals surface area contributed by atoms with E-state index in [-0.39, 0.29) is 11.8 Å². The minimum absolute atomic E-state index is 0.123. The molecule has 0 bridgehead atoms. The standard InChI is InChI=1S/C11H15BrN2O/c12-7-3-4-8(13)11(15)10(7)9(14)5-6-1-2-6/h3-4,6,9,15H,1-2,5,13-14H2/t9-/m1/s1. The highest BCUT2D eigenvalue weighted by molar-refractivity contribution is 9.10. The molecule has 0 saturated heterocycles. The van der Waals surface area contributed by atoms with E-state index < -0.39 is 0 Å².